The van der Waals surface area contributed by atoms with Crippen LogP contribution in [0.1, 0.15) is 27.7 Å². The number of hydrogen-bond acceptors (Lipinski definition) is 4. The van der Waals surface area contributed by atoms with Gasteiger partial charge in [0.05, 0.1) is 0 Å². The topological polar surface area (TPSA) is 65.5 Å². The maximum absolute atomic E-state index is 12.5. The maximum Gasteiger partial charge on any atom is 0.244 e. The lowest BCUT2D eigenvalue weighted by atomic mass is 9.95. The summed E-state index contributed by atoms with van der Waals surface area (Å²) in [5, 5.41) is 2.80. The Hall–Kier alpha value is -2.11. The van der Waals surface area contributed by atoms with Gasteiger partial charge in [0, 0.05) is 37.8 Å². The summed E-state index contributed by atoms with van der Waals surface area (Å²) in [6.45, 7) is 10.1. The average molecular weight is 318 g/mol. The lowest BCUT2D eigenvalue weighted by Gasteiger charge is -2.36. The van der Waals surface area contributed by atoms with E-state index >= 15 is 0 Å². The van der Waals surface area contributed by atoms with Crippen LogP contribution in [0.3, 0.4) is 0 Å². The molecule has 1 saturated heterocycles. The summed E-state index contributed by atoms with van der Waals surface area (Å²) in [7, 11) is 0. The van der Waals surface area contributed by atoms with Gasteiger partial charge in [0.25, 0.3) is 0 Å². The van der Waals surface area contributed by atoms with Crippen molar-refractivity contribution in [3.63, 3.8) is 0 Å². The van der Waals surface area contributed by atoms with E-state index in [0.717, 1.165) is 18.9 Å². The summed E-state index contributed by atoms with van der Waals surface area (Å²) < 4.78 is 0. The number of piperazine rings is 1. The van der Waals surface area contributed by atoms with Gasteiger partial charge in [-0.05, 0) is 19.1 Å². The van der Waals surface area contributed by atoms with E-state index in [0.29, 0.717) is 13.1 Å². The molecule has 0 aliphatic carbocycles. The highest BCUT2D eigenvalue weighted by Crippen LogP contribution is 2.15. The van der Waals surface area contributed by atoms with Gasteiger partial charge in [0.2, 0.25) is 11.8 Å². The van der Waals surface area contributed by atoms with Crippen LogP contribution >= 0.6 is 0 Å². The molecule has 1 N–H and O–H groups in total. The van der Waals surface area contributed by atoms with Crippen molar-refractivity contribution in [1.82, 2.24) is 15.2 Å². The molecule has 2 rings (SSSR count). The summed E-state index contributed by atoms with van der Waals surface area (Å²) in [5.74, 6) is 0.808. The van der Waals surface area contributed by atoms with Crippen molar-refractivity contribution in [1.29, 1.82) is 0 Å². The molecule has 0 bridgehead atoms. The minimum Gasteiger partial charge on any atom is -0.353 e. The molecule has 1 aromatic heterocycles. The summed E-state index contributed by atoms with van der Waals surface area (Å²) in [6.07, 6.45) is 1.77. The Bertz CT molecular complexity index is 545. The van der Waals surface area contributed by atoms with Crippen LogP contribution in [0.5, 0.6) is 0 Å². The van der Waals surface area contributed by atoms with Gasteiger partial charge in [-0.25, -0.2) is 4.98 Å². The van der Waals surface area contributed by atoms with Crippen LogP contribution in [-0.4, -0.2) is 53.9 Å². The molecule has 0 saturated carbocycles. The molecular weight excluding hydrogens is 292 g/mol. The van der Waals surface area contributed by atoms with E-state index in [-0.39, 0.29) is 11.8 Å². The Labute approximate surface area is 137 Å². The second-order valence-corrected chi connectivity index (χ2v) is 6.95. The lowest BCUT2D eigenvalue weighted by molar-refractivity contribution is -0.138. The number of carbonyl (C=O) groups is 2. The van der Waals surface area contributed by atoms with Gasteiger partial charge in [-0.3, -0.25) is 9.59 Å². The van der Waals surface area contributed by atoms with Crippen LogP contribution < -0.4 is 10.2 Å². The van der Waals surface area contributed by atoms with Crippen molar-refractivity contribution in [2.45, 2.75) is 33.7 Å². The fourth-order valence-corrected chi connectivity index (χ4v) is 2.45. The third-order valence-electron chi connectivity index (χ3n) is 3.96. The average Bonchev–Trinajstić information content (AvgIpc) is 2.54. The number of rotatable bonds is 3. The number of carbonyl (C=O) groups excluding carboxylic acids is 2. The van der Waals surface area contributed by atoms with Gasteiger partial charge in [0.15, 0.2) is 0 Å². The Kier molecular flexibility index (Phi) is 5.23. The fraction of sp³-hybridized carbons (Fsp3) is 0.588. The quantitative estimate of drug-likeness (QED) is 0.912. The van der Waals surface area contributed by atoms with E-state index in [1.165, 1.54) is 0 Å². The second kappa shape index (κ2) is 6.98. The van der Waals surface area contributed by atoms with Crippen LogP contribution in [0.4, 0.5) is 5.82 Å². The molecule has 1 aliphatic rings. The third-order valence-corrected chi connectivity index (χ3v) is 3.96. The molecule has 6 heteroatoms. The molecule has 0 unspecified atom stereocenters. The first-order chi connectivity index (χ1) is 10.8. The first-order valence-electron chi connectivity index (χ1n) is 8.05. The zero-order valence-corrected chi connectivity index (χ0v) is 14.4. The van der Waals surface area contributed by atoms with Gasteiger partial charge in [0.1, 0.15) is 11.9 Å². The Balaban J connectivity index is 1.87. The molecule has 0 aromatic carbocycles. The molecule has 0 radical (unpaired) electrons. The Morgan fingerprint density at radius 3 is 2.35 bits per heavy atom. The molecule has 6 nitrogen and oxygen atoms in total. The highest BCUT2D eigenvalue weighted by atomic mass is 16.2. The molecular formula is C17H26N4O2. The van der Waals surface area contributed by atoms with E-state index < -0.39 is 11.5 Å². The van der Waals surface area contributed by atoms with Crippen LogP contribution in [0.25, 0.3) is 0 Å². The molecule has 23 heavy (non-hydrogen) atoms. The van der Waals surface area contributed by atoms with E-state index in [1.54, 1.807) is 13.1 Å². The molecule has 126 valence electrons. The number of nitrogens with one attached hydrogen (secondary N) is 1. The van der Waals surface area contributed by atoms with Gasteiger partial charge >= 0.3 is 0 Å². The predicted octanol–water partition coefficient (Wildman–Crippen LogP) is 1.28. The number of pyridine rings is 1. The van der Waals surface area contributed by atoms with Crippen molar-refractivity contribution in [2.24, 2.45) is 5.41 Å². The van der Waals surface area contributed by atoms with Gasteiger partial charge < -0.3 is 15.1 Å². The zero-order chi connectivity index (χ0) is 17.0. The Morgan fingerprint density at radius 1 is 1.17 bits per heavy atom. The summed E-state index contributed by atoms with van der Waals surface area (Å²) >= 11 is 0. The minimum atomic E-state index is -0.497. The molecule has 0 spiro atoms. The zero-order valence-electron chi connectivity index (χ0n) is 14.4. The number of anilines is 1. The van der Waals surface area contributed by atoms with Gasteiger partial charge in [-0.15, -0.1) is 0 Å². The molecule has 1 fully saturated rings. The predicted molar refractivity (Wildman–Crippen MR) is 90.1 cm³/mol. The van der Waals surface area contributed by atoms with Crippen LogP contribution in [0.2, 0.25) is 0 Å². The van der Waals surface area contributed by atoms with E-state index in [2.05, 4.69) is 15.2 Å². The molecule has 1 atom stereocenters. The van der Waals surface area contributed by atoms with Gasteiger partial charge in [-0.1, -0.05) is 26.8 Å². The molecule has 1 aliphatic heterocycles. The molecule has 2 amide bonds. The normalized spacial score (nSPS) is 16.9. The largest absolute Gasteiger partial charge is 0.353 e. The second-order valence-electron chi connectivity index (χ2n) is 6.95. The van der Waals surface area contributed by atoms with E-state index in [1.807, 2.05) is 43.9 Å². The third kappa shape index (κ3) is 4.43. The lowest BCUT2D eigenvalue weighted by Crippen LogP contribution is -2.55. The summed E-state index contributed by atoms with van der Waals surface area (Å²) in [4.78, 5) is 32.8. The summed E-state index contributed by atoms with van der Waals surface area (Å²) in [6, 6.07) is 5.33. The van der Waals surface area contributed by atoms with Crippen molar-refractivity contribution in [3.8, 4) is 0 Å². The molecule has 1 aromatic rings. The van der Waals surface area contributed by atoms with Crippen LogP contribution in [-0.2, 0) is 9.59 Å². The first-order valence-corrected chi connectivity index (χ1v) is 8.05. The fourth-order valence-electron chi connectivity index (χ4n) is 2.45. The minimum absolute atomic E-state index is 0.0247. The van der Waals surface area contributed by atoms with Crippen LogP contribution in [0, 0.1) is 5.41 Å². The maximum atomic E-state index is 12.5. The highest BCUT2D eigenvalue weighted by molar-refractivity contribution is 5.89. The van der Waals surface area contributed by atoms with Gasteiger partial charge in [-0.2, -0.15) is 0 Å². The number of hydrogen-bond donors (Lipinski definition) is 1. The number of nitrogens with zero attached hydrogens (tertiary/aromatic N) is 3. The van der Waals surface area contributed by atoms with Crippen molar-refractivity contribution in [2.75, 3.05) is 31.1 Å². The van der Waals surface area contributed by atoms with Crippen LogP contribution in [0.15, 0.2) is 24.4 Å². The highest BCUT2D eigenvalue weighted by Gasteiger charge is 2.29. The van der Waals surface area contributed by atoms with Crippen molar-refractivity contribution >= 4 is 17.6 Å². The van der Waals surface area contributed by atoms with Crippen molar-refractivity contribution in [3.05, 3.63) is 24.4 Å². The summed E-state index contributed by atoms with van der Waals surface area (Å²) in [5.41, 5.74) is -0.494. The first kappa shape index (κ1) is 17.2. The smallest absolute Gasteiger partial charge is 0.244 e. The molecule has 2 heterocycles. The SMILES string of the molecule is C[C@H](NC(=O)C(C)(C)C)C(=O)N1CCN(c2ccccn2)CC1. The van der Waals surface area contributed by atoms with E-state index in [4.69, 9.17) is 0 Å². The Morgan fingerprint density at radius 2 is 1.83 bits per heavy atom. The standard InChI is InChI=1S/C17H26N4O2/c1-13(19-16(23)17(2,3)4)15(22)21-11-9-20(10-12-21)14-7-5-6-8-18-14/h5-8,13H,9-12H2,1-4H3,(H,19,23)/t13-/m0/s1. The number of amides is 2. The number of aromatic nitrogens is 1. The monoisotopic (exact) mass is 318 g/mol. The van der Waals surface area contributed by atoms with Crippen molar-refractivity contribution < 1.29 is 9.59 Å². The van der Waals surface area contributed by atoms with E-state index in [9.17, 15) is 9.59 Å².